The highest BCUT2D eigenvalue weighted by Gasteiger charge is 2.37. The number of methoxy groups -OCH3 is 1. The normalized spacial score (nSPS) is 20.8. The number of amides is 3. The van der Waals surface area contributed by atoms with Crippen LogP contribution >= 0.6 is 0 Å². The zero-order chi connectivity index (χ0) is 23.9. The summed E-state index contributed by atoms with van der Waals surface area (Å²) >= 11 is 0. The van der Waals surface area contributed by atoms with Crippen molar-refractivity contribution in [3.63, 3.8) is 0 Å². The Kier molecular flexibility index (Phi) is 5.91. The number of rotatable bonds is 5. The Morgan fingerprint density at radius 2 is 1.91 bits per heavy atom. The molecule has 2 aliphatic heterocycles. The van der Waals surface area contributed by atoms with Gasteiger partial charge >= 0.3 is 6.03 Å². The summed E-state index contributed by atoms with van der Waals surface area (Å²) in [5, 5.41) is 2.67. The van der Waals surface area contributed by atoms with Gasteiger partial charge in [-0.15, -0.1) is 0 Å². The molecule has 6 nitrogen and oxygen atoms in total. The molecule has 2 aliphatic rings. The van der Waals surface area contributed by atoms with Crippen LogP contribution in [0, 0.1) is 5.82 Å². The average molecular weight is 452 g/mol. The molecule has 1 atom stereocenters. The van der Waals surface area contributed by atoms with Crippen LogP contribution in [0.5, 0.6) is 5.75 Å². The Morgan fingerprint density at radius 1 is 1.21 bits per heavy atom. The lowest BCUT2D eigenvalue weighted by molar-refractivity contribution is -0.123. The van der Waals surface area contributed by atoms with E-state index in [0.29, 0.717) is 17.2 Å². The van der Waals surface area contributed by atoms with Crippen LogP contribution in [0.3, 0.4) is 0 Å². The number of fused-ring (bicyclic) bond motifs is 1. The van der Waals surface area contributed by atoms with Gasteiger partial charge in [0.05, 0.1) is 13.7 Å². The van der Waals surface area contributed by atoms with Gasteiger partial charge in [0.1, 0.15) is 17.3 Å². The predicted molar refractivity (Wildman–Crippen MR) is 127 cm³/mol. The number of benzene rings is 2. The fourth-order valence-electron chi connectivity index (χ4n) is 5.06. The van der Waals surface area contributed by atoms with Gasteiger partial charge in [-0.25, -0.2) is 9.18 Å². The zero-order valence-electron chi connectivity index (χ0n) is 19.7. The lowest BCUT2D eigenvalue weighted by Crippen LogP contribution is -2.48. The van der Waals surface area contributed by atoms with Gasteiger partial charge in [-0.05, 0) is 68.5 Å². The second-order valence-corrected chi connectivity index (χ2v) is 9.32. The third-order valence-corrected chi connectivity index (χ3v) is 6.57. The summed E-state index contributed by atoms with van der Waals surface area (Å²) < 4.78 is 18.9. The third kappa shape index (κ3) is 4.19. The van der Waals surface area contributed by atoms with Crippen molar-refractivity contribution in [2.45, 2.75) is 52.1 Å². The number of carbonyl (C=O) groups is 2. The first-order valence-corrected chi connectivity index (χ1v) is 11.2. The summed E-state index contributed by atoms with van der Waals surface area (Å²) in [5.41, 5.74) is 3.97. The fraction of sp³-hybridized carbons (Fsp3) is 0.385. The number of nitrogens with zero attached hydrogens (tertiary/aromatic N) is 2. The first kappa shape index (κ1) is 22.8. The quantitative estimate of drug-likeness (QED) is 0.511. The van der Waals surface area contributed by atoms with Crippen molar-refractivity contribution in [3.8, 4) is 5.75 Å². The molecule has 0 saturated carbocycles. The Morgan fingerprint density at radius 3 is 2.55 bits per heavy atom. The zero-order valence-corrected chi connectivity index (χ0v) is 19.7. The van der Waals surface area contributed by atoms with Gasteiger partial charge in [-0.2, -0.15) is 0 Å². The molecule has 2 heterocycles. The number of imide groups is 1. The highest BCUT2D eigenvalue weighted by molar-refractivity contribution is 6.14. The minimum atomic E-state index is -0.500. The van der Waals surface area contributed by atoms with Gasteiger partial charge in [0, 0.05) is 29.4 Å². The van der Waals surface area contributed by atoms with Gasteiger partial charge in [-0.3, -0.25) is 9.69 Å². The molecule has 7 heteroatoms. The SMILES string of the molecule is CCN1c2cc(OC)c(/C=C3/NC(=O)N(Cc4ccc(F)cc4)C3=O)cc2C(C)CC1(C)C. The Bertz CT molecular complexity index is 1120. The van der Waals surface area contributed by atoms with Gasteiger partial charge in [0.15, 0.2) is 0 Å². The maximum Gasteiger partial charge on any atom is 0.329 e. The van der Waals surface area contributed by atoms with Gasteiger partial charge < -0.3 is 15.0 Å². The molecule has 1 N–H and O–H groups in total. The highest BCUT2D eigenvalue weighted by atomic mass is 19.1. The first-order chi connectivity index (χ1) is 15.6. The van der Waals surface area contributed by atoms with Crippen molar-refractivity contribution < 1.29 is 18.7 Å². The molecule has 1 unspecified atom stereocenters. The lowest BCUT2D eigenvalue weighted by atomic mass is 9.79. The van der Waals surface area contributed by atoms with Crippen LogP contribution < -0.4 is 15.0 Å². The van der Waals surface area contributed by atoms with E-state index >= 15 is 0 Å². The molecule has 3 amide bonds. The van der Waals surface area contributed by atoms with Gasteiger partial charge in [0.2, 0.25) is 0 Å². The smallest absolute Gasteiger partial charge is 0.329 e. The Hall–Kier alpha value is -3.35. The maximum absolute atomic E-state index is 13.2. The minimum Gasteiger partial charge on any atom is -0.496 e. The van der Waals surface area contributed by atoms with Crippen LogP contribution in [0.2, 0.25) is 0 Å². The average Bonchev–Trinajstić information content (AvgIpc) is 3.02. The van der Waals surface area contributed by atoms with Crippen molar-refractivity contribution in [2.24, 2.45) is 0 Å². The monoisotopic (exact) mass is 451 g/mol. The highest BCUT2D eigenvalue weighted by Crippen LogP contribution is 2.46. The summed E-state index contributed by atoms with van der Waals surface area (Å²) in [7, 11) is 1.60. The molecular formula is C26H30FN3O3. The molecular weight excluding hydrogens is 421 g/mol. The second kappa shape index (κ2) is 8.54. The maximum atomic E-state index is 13.2. The number of halogens is 1. The second-order valence-electron chi connectivity index (χ2n) is 9.32. The van der Waals surface area contributed by atoms with Crippen LogP contribution in [0.15, 0.2) is 42.1 Å². The van der Waals surface area contributed by atoms with E-state index in [1.165, 1.54) is 17.7 Å². The molecule has 2 aromatic carbocycles. The molecule has 33 heavy (non-hydrogen) atoms. The van der Waals surface area contributed by atoms with Gasteiger partial charge in [0.25, 0.3) is 5.91 Å². The molecule has 2 aromatic rings. The molecule has 0 aromatic heterocycles. The van der Waals surface area contributed by atoms with Crippen molar-refractivity contribution in [1.82, 2.24) is 10.2 Å². The van der Waals surface area contributed by atoms with Gasteiger partial charge in [-0.1, -0.05) is 19.1 Å². The van der Waals surface area contributed by atoms with Crippen LogP contribution in [-0.4, -0.2) is 36.0 Å². The summed E-state index contributed by atoms with van der Waals surface area (Å²) in [6, 6.07) is 9.33. The summed E-state index contributed by atoms with van der Waals surface area (Å²) in [6.45, 7) is 9.81. The largest absolute Gasteiger partial charge is 0.496 e. The van der Waals surface area contributed by atoms with Crippen LogP contribution in [0.4, 0.5) is 14.9 Å². The van der Waals surface area contributed by atoms with E-state index < -0.39 is 11.9 Å². The predicted octanol–water partition coefficient (Wildman–Crippen LogP) is 5.04. The topological polar surface area (TPSA) is 61.9 Å². The molecule has 1 saturated heterocycles. The summed E-state index contributed by atoms with van der Waals surface area (Å²) in [5.74, 6) is 0.192. The standard InChI is InChI=1S/C26H30FN3O3/c1-6-30-22-13-23(33-5)18(11-20(22)16(2)14-26(30,3)4)12-21-24(31)29(25(32)28-21)15-17-7-9-19(27)10-8-17/h7-13,16H,6,14-15H2,1-5H3,(H,28,32)/b21-12+. The number of carbonyl (C=O) groups excluding carboxylic acids is 2. The number of hydrogen-bond donors (Lipinski definition) is 1. The van der Waals surface area contributed by atoms with E-state index in [0.717, 1.165) is 29.1 Å². The Balaban J connectivity index is 1.67. The molecule has 0 radical (unpaired) electrons. The van der Waals surface area contributed by atoms with E-state index in [4.69, 9.17) is 4.74 Å². The molecule has 0 spiro atoms. The number of ether oxygens (including phenoxy) is 1. The Labute approximate surface area is 194 Å². The minimum absolute atomic E-state index is 0.0302. The van der Waals surface area contributed by atoms with Crippen molar-refractivity contribution >= 4 is 23.7 Å². The third-order valence-electron chi connectivity index (χ3n) is 6.57. The summed E-state index contributed by atoms with van der Waals surface area (Å²) in [4.78, 5) is 29.0. The molecule has 174 valence electrons. The number of hydrogen-bond acceptors (Lipinski definition) is 4. The number of nitrogens with one attached hydrogen (secondary N) is 1. The van der Waals surface area contributed by atoms with Crippen LogP contribution in [0.25, 0.3) is 6.08 Å². The van der Waals surface area contributed by atoms with Crippen molar-refractivity contribution in [2.75, 3.05) is 18.6 Å². The summed E-state index contributed by atoms with van der Waals surface area (Å²) in [6.07, 6.45) is 2.68. The van der Waals surface area contributed by atoms with Crippen molar-refractivity contribution in [3.05, 3.63) is 64.6 Å². The van der Waals surface area contributed by atoms with E-state index in [1.54, 1.807) is 25.3 Å². The lowest BCUT2D eigenvalue weighted by Gasteiger charge is -2.47. The molecule has 0 bridgehead atoms. The number of urea groups is 1. The van der Waals surface area contributed by atoms with E-state index in [1.807, 2.05) is 6.07 Å². The van der Waals surface area contributed by atoms with Crippen molar-refractivity contribution in [1.29, 1.82) is 0 Å². The number of anilines is 1. The van der Waals surface area contributed by atoms with E-state index in [9.17, 15) is 14.0 Å². The first-order valence-electron chi connectivity index (χ1n) is 11.2. The molecule has 0 aliphatic carbocycles. The van der Waals surface area contributed by atoms with Crippen LogP contribution in [0.1, 0.15) is 56.7 Å². The van der Waals surface area contributed by atoms with Crippen LogP contribution in [-0.2, 0) is 11.3 Å². The fourth-order valence-corrected chi connectivity index (χ4v) is 5.06. The van der Waals surface area contributed by atoms with E-state index in [2.05, 4.69) is 44.0 Å². The van der Waals surface area contributed by atoms with E-state index in [-0.39, 0.29) is 23.6 Å². The molecule has 1 fully saturated rings. The molecule has 4 rings (SSSR count).